The van der Waals surface area contributed by atoms with Crippen LogP contribution in [0.5, 0.6) is 0 Å². The molecule has 0 heterocycles. The summed E-state index contributed by atoms with van der Waals surface area (Å²) >= 11 is 0. The predicted molar refractivity (Wildman–Crippen MR) is 54.6 cm³/mol. The molecule has 1 aromatic carbocycles. The molecule has 0 radical (unpaired) electrons. The number of benzene rings is 1. The predicted octanol–water partition coefficient (Wildman–Crippen LogP) is 2.25. The van der Waals surface area contributed by atoms with Gasteiger partial charge in [-0.3, -0.25) is 0 Å². The number of ether oxygens (including phenoxy) is 1. The van der Waals surface area contributed by atoms with Crippen LogP contribution in [0.4, 0.5) is 0 Å². The van der Waals surface area contributed by atoms with Gasteiger partial charge in [-0.05, 0) is 24.1 Å². The lowest BCUT2D eigenvalue weighted by atomic mass is 10.1. The quantitative estimate of drug-likeness (QED) is 0.625. The molecular weight excluding hydrogens is 160 g/mol. The van der Waals surface area contributed by atoms with Crippen molar-refractivity contribution in [3.8, 4) is 11.8 Å². The van der Waals surface area contributed by atoms with E-state index in [-0.39, 0.29) is 0 Å². The summed E-state index contributed by atoms with van der Waals surface area (Å²) in [5, 5.41) is 0. The molecule has 0 aliphatic rings. The van der Waals surface area contributed by atoms with Crippen molar-refractivity contribution in [2.75, 3.05) is 13.7 Å². The van der Waals surface area contributed by atoms with E-state index in [0.717, 1.165) is 12.0 Å². The molecule has 1 nitrogen and oxygen atoms in total. The lowest BCUT2D eigenvalue weighted by Gasteiger charge is -1.95. The van der Waals surface area contributed by atoms with E-state index < -0.39 is 0 Å². The van der Waals surface area contributed by atoms with Gasteiger partial charge in [0.1, 0.15) is 6.61 Å². The van der Waals surface area contributed by atoms with Crippen LogP contribution in [0.3, 0.4) is 0 Å². The molecule has 0 fully saturated rings. The van der Waals surface area contributed by atoms with E-state index in [1.807, 2.05) is 12.1 Å². The number of rotatable bonds is 2. The van der Waals surface area contributed by atoms with Crippen LogP contribution in [-0.4, -0.2) is 13.7 Å². The molecule has 0 unspecified atom stereocenters. The fraction of sp³-hybridized carbons (Fsp3) is 0.333. The van der Waals surface area contributed by atoms with Crippen LogP contribution >= 0.6 is 0 Å². The average molecular weight is 174 g/mol. The van der Waals surface area contributed by atoms with Crippen LogP contribution in [0.2, 0.25) is 0 Å². The third-order valence-electron chi connectivity index (χ3n) is 1.78. The molecule has 0 aliphatic heterocycles. The van der Waals surface area contributed by atoms with Gasteiger partial charge in [-0.15, -0.1) is 0 Å². The molecule has 1 heteroatoms. The van der Waals surface area contributed by atoms with Gasteiger partial charge in [0, 0.05) is 12.7 Å². The molecule has 0 saturated carbocycles. The molecule has 0 amide bonds. The smallest absolute Gasteiger partial charge is 0.107 e. The van der Waals surface area contributed by atoms with Gasteiger partial charge >= 0.3 is 0 Å². The summed E-state index contributed by atoms with van der Waals surface area (Å²) in [5.74, 6) is 5.98. The van der Waals surface area contributed by atoms with Gasteiger partial charge < -0.3 is 4.74 Å². The van der Waals surface area contributed by atoms with Crippen molar-refractivity contribution in [2.45, 2.75) is 13.3 Å². The third-order valence-corrected chi connectivity index (χ3v) is 1.78. The highest BCUT2D eigenvalue weighted by Crippen LogP contribution is 2.03. The van der Waals surface area contributed by atoms with Gasteiger partial charge in [-0.25, -0.2) is 0 Å². The minimum Gasteiger partial charge on any atom is -0.372 e. The van der Waals surface area contributed by atoms with Gasteiger partial charge in [0.05, 0.1) is 0 Å². The SMILES string of the molecule is CCc1cccc(C#CCOC)c1. The van der Waals surface area contributed by atoms with Gasteiger partial charge in [0.2, 0.25) is 0 Å². The van der Waals surface area contributed by atoms with Gasteiger partial charge in [0.25, 0.3) is 0 Å². The minimum absolute atomic E-state index is 0.496. The first-order chi connectivity index (χ1) is 6.36. The maximum atomic E-state index is 4.85. The summed E-state index contributed by atoms with van der Waals surface area (Å²) < 4.78 is 4.85. The molecule has 0 spiro atoms. The number of aryl methyl sites for hydroxylation is 1. The van der Waals surface area contributed by atoms with E-state index in [4.69, 9.17) is 4.74 Å². The minimum atomic E-state index is 0.496. The Hall–Kier alpha value is -1.26. The molecule has 0 bridgehead atoms. The van der Waals surface area contributed by atoms with E-state index >= 15 is 0 Å². The fourth-order valence-electron chi connectivity index (χ4n) is 1.08. The van der Waals surface area contributed by atoms with Gasteiger partial charge in [-0.1, -0.05) is 30.9 Å². The molecule has 1 rings (SSSR count). The molecule has 0 N–H and O–H groups in total. The number of methoxy groups -OCH3 is 1. The lowest BCUT2D eigenvalue weighted by Crippen LogP contribution is -1.84. The highest BCUT2D eigenvalue weighted by molar-refractivity contribution is 5.37. The summed E-state index contributed by atoms with van der Waals surface area (Å²) in [6, 6.07) is 8.28. The maximum absolute atomic E-state index is 4.85. The molecule has 1 aromatic rings. The molecular formula is C12H14O. The van der Waals surface area contributed by atoms with E-state index in [1.165, 1.54) is 5.56 Å². The maximum Gasteiger partial charge on any atom is 0.107 e. The van der Waals surface area contributed by atoms with Gasteiger partial charge in [0.15, 0.2) is 0 Å². The van der Waals surface area contributed by atoms with Crippen LogP contribution in [0.25, 0.3) is 0 Å². The highest BCUT2D eigenvalue weighted by atomic mass is 16.5. The van der Waals surface area contributed by atoms with Crippen molar-refractivity contribution in [3.05, 3.63) is 35.4 Å². The normalized spacial score (nSPS) is 9.08. The van der Waals surface area contributed by atoms with E-state index in [9.17, 15) is 0 Å². The Bertz CT molecular complexity index is 317. The van der Waals surface area contributed by atoms with E-state index in [2.05, 4.69) is 30.9 Å². The molecule has 0 aromatic heterocycles. The molecule has 0 atom stereocenters. The monoisotopic (exact) mass is 174 g/mol. The van der Waals surface area contributed by atoms with Crippen molar-refractivity contribution >= 4 is 0 Å². The van der Waals surface area contributed by atoms with Crippen LogP contribution in [0.15, 0.2) is 24.3 Å². The van der Waals surface area contributed by atoms with Crippen molar-refractivity contribution < 1.29 is 4.74 Å². The Labute approximate surface area is 79.7 Å². The highest BCUT2D eigenvalue weighted by Gasteiger charge is 1.89. The summed E-state index contributed by atoms with van der Waals surface area (Å²) in [5.41, 5.74) is 2.39. The first-order valence-corrected chi connectivity index (χ1v) is 4.43. The molecule has 68 valence electrons. The lowest BCUT2D eigenvalue weighted by molar-refractivity contribution is 0.240. The first kappa shape index (κ1) is 9.83. The van der Waals surface area contributed by atoms with Crippen molar-refractivity contribution in [1.29, 1.82) is 0 Å². The Morgan fingerprint density at radius 3 is 2.92 bits per heavy atom. The summed E-state index contributed by atoms with van der Waals surface area (Å²) in [4.78, 5) is 0. The second-order valence-electron chi connectivity index (χ2n) is 2.79. The summed E-state index contributed by atoms with van der Waals surface area (Å²) in [7, 11) is 1.65. The Balaban J connectivity index is 2.73. The summed E-state index contributed by atoms with van der Waals surface area (Å²) in [6.45, 7) is 2.64. The number of hydrogen-bond acceptors (Lipinski definition) is 1. The zero-order valence-corrected chi connectivity index (χ0v) is 8.13. The third kappa shape index (κ3) is 3.31. The van der Waals surface area contributed by atoms with Gasteiger partial charge in [-0.2, -0.15) is 0 Å². The Morgan fingerprint density at radius 1 is 1.38 bits per heavy atom. The summed E-state index contributed by atoms with van der Waals surface area (Å²) in [6.07, 6.45) is 1.06. The molecule has 0 saturated heterocycles. The largest absolute Gasteiger partial charge is 0.372 e. The van der Waals surface area contributed by atoms with E-state index in [0.29, 0.717) is 6.61 Å². The Kier molecular flexibility index (Phi) is 4.08. The standard InChI is InChI=1S/C12H14O/c1-3-11-6-4-7-12(10-11)8-5-9-13-2/h4,6-7,10H,3,9H2,1-2H3. The zero-order valence-electron chi connectivity index (χ0n) is 8.13. The average Bonchev–Trinajstić information content (AvgIpc) is 2.19. The topological polar surface area (TPSA) is 9.23 Å². The van der Waals surface area contributed by atoms with Crippen LogP contribution in [0.1, 0.15) is 18.1 Å². The first-order valence-electron chi connectivity index (χ1n) is 4.43. The van der Waals surface area contributed by atoms with Crippen LogP contribution in [-0.2, 0) is 11.2 Å². The second-order valence-corrected chi connectivity index (χ2v) is 2.79. The zero-order chi connectivity index (χ0) is 9.52. The number of hydrogen-bond donors (Lipinski definition) is 0. The van der Waals surface area contributed by atoms with E-state index in [1.54, 1.807) is 7.11 Å². The van der Waals surface area contributed by atoms with Crippen molar-refractivity contribution in [3.63, 3.8) is 0 Å². The Morgan fingerprint density at radius 2 is 2.23 bits per heavy atom. The fourth-order valence-corrected chi connectivity index (χ4v) is 1.08. The van der Waals surface area contributed by atoms with Crippen LogP contribution < -0.4 is 0 Å². The molecule has 0 aliphatic carbocycles. The molecule has 13 heavy (non-hydrogen) atoms. The van der Waals surface area contributed by atoms with Crippen molar-refractivity contribution in [1.82, 2.24) is 0 Å². The van der Waals surface area contributed by atoms with Crippen molar-refractivity contribution in [2.24, 2.45) is 0 Å². The second kappa shape index (κ2) is 5.40. The van der Waals surface area contributed by atoms with Crippen LogP contribution in [0, 0.1) is 11.8 Å².